The van der Waals surface area contributed by atoms with Gasteiger partial charge < -0.3 is 10.2 Å². The van der Waals surface area contributed by atoms with Crippen molar-refractivity contribution >= 4 is 17.5 Å². The Balaban J connectivity index is 1.74. The first-order chi connectivity index (χ1) is 10.3. The second-order valence-electron chi connectivity index (χ2n) is 6.18. The first kappa shape index (κ1) is 14.9. The third kappa shape index (κ3) is 3.41. The average molecular weight is 307 g/mol. The molecule has 114 valence electrons. The Morgan fingerprint density at radius 1 is 1.29 bits per heavy atom. The maximum Gasteiger partial charge on any atom is 0.223 e. The van der Waals surface area contributed by atoms with Gasteiger partial charge in [0.1, 0.15) is 0 Å². The number of benzene rings is 1. The minimum absolute atomic E-state index is 0.0707. The number of halogens is 1. The zero-order chi connectivity index (χ0) is 14.7. The number of carbonyl (C=O) groups excluding carboxylic acids is 1. The fourth-order valence-corrected chi connectivity index (χ4v) is 3.87. The molecule has 1 atom stereocenters. The molecule has 1 aliphatic heterocycles. The molecule has 1 saturated heterocycles. The van der Waals surface area contributed by atoms with Crippen molar-refractivity contribution in [2.24, 2.45) is 5.92 Å². The zero-order valence-electron chi connectivity index (χ0n) is 12.4. The minimum atomic E-state index is 0.0707. The van der Waals surface area contributed by atoms with Crippen molar-refractivity contribution in [3.8, 4) is 0 Å². The van der Waals surface area contributed by atoms with Gasteiger partial charge in [-0.05, 0) is 30.4 Å². The molecular weight excluding hydrogens is 284 g/mol. The van der Waals surface area contributed by atoms with E-state index in [4.69, 9.17) is 11.6 Å². The van der Waals surface area contributed by atoms with Gasteiger partial charge in [0.15, 0.2) is 0 Å². The maximum atomic E-state index is 12.7. The van der Waals surface area contributed by atoms with Crippen molar-refractivity contribution in [1.29, 1.82) is 0 Å². The van der Waals surface area contributed by atoms with E-state index in [1.54, 1.807) is 0 Å². The molecule has 1 N–H and O–H groups in total. The smallest absolute Gasteiger partial charge is 0.223 e. The number of nitrogens with one attached hydrogen (secondary N) is 1. The van der Waals surface area contributed by atoms with Crippen LogP contribution in [0.25, 0.3) is 0 Å². The zero-order valence-corrected chi connectivity index (χ0v) is 13.1. The third-order valence-electron chi connectivity index (χ3n) is 4.77. The molecule has 0 bridgehead atoms. The highest BCUT2D eigenvalue weighted by atomic mass is 35.5. The van der Waals surface area contributed by atoms with Crippen molar-refractivity contribution in [1.82, 2.24) is 10.2 Å². The van der Waals surface area contributed by atoms with Crippen molar-refractivity contribution < 1.29 is 4.79 Å². The van der Waals surface area contributed by atoms with Crippen molar-refractivity contribution in [2.45, 2.75) is 38.1 Å². The number of carbonyl (C=O) groups is 1. The van der Waals surface area contributed by atoms with E-state index in [9.17, 15) is 4.79 Å². The van der Waals surface area contributed by atoms with Crippen LogP contribution in [0.1, 0.15) is 43.7 Å². The molecule has 1 saturated carbocycles. The molecule has 2 aliphatic rings. The van der Waals surface area contributed by atoms with Crippen LogP contribution < -0.4 is 5.32 Å². The standard InChI is InChI=1S/C17H23ClN2O/c18-15-8-4-3-7-14(15)16-12-19-9-10-20(16)17(21)11-13-5-1-2-6-13/h3-4,7-8,13,16,19H,1-2,5-6,9-12H2. The SMILES string of the molecule is O=C(CC1CCCC1)N1CCNCC1c1ccccc1Cl. The largest absolute Gasteiger partial charge is 0.333 e. The summed E-state index contributed by atoms with van der Waals surface area (Å²) in [7, 11) is 0. The van der Waals surface area contributed by atoms with Gasteiger partial charge >= 0.3 is 0 Å². The summed E-state index contributed by atoms with van der Waals surface area (Å²) in [6, 6.07) is 7.95. The summed E-state index contributed by atoms with van der Waals surface area (Å²) in [6.07, 6.45) is 5.71. The molecule has 1 heterocycles. The van der Waals surface area contributed by atoms with Crippen molar-refractivity contribution in [2.75, 3.05) is 19.6 Å². The molecule has 1 amide bonds. The monoisotopic (exact) mass is 306 g/mol. The van der Waals surface area contributed by atoms with E-state index in [0.717, 1.165) is 30.2 Å². The van der Waals surface area contributed by atoms with Gasteiger partial charge in [0.25, 0.3) is 0 Å². The summed E-state index contributed by atoms with van der Waals surface area (Å²) in [5.74, 6) is 0.896. The average Bonchev–Trinajstić information content (AvgIpc) is 3.01. The first-order valence-electron chi connectivity index (χ1n) is 8.00. The Labute approximate surface area is 131 Å². The molecule has 1 unspecified atom stereocenters. The van der Waals surface area contributed by atoms with E-state index >= 15 is 0 Å². The van der Waals surface area contributed by atoms with Crippen molar-refractivity contribution in [3.63, 3.8) is 0 Å². The quantitative estimate of drug-likeness (QED) is 0.928. The van der Waals surface area contributed by atoms with E-state index in [2.05, 4.69) is 5.32 Å². The van der Waals surface area contributed by atoms with Gasteiger partial charge in [-0.3, -0.25) is 4.79 Å². The number of piperazine rings is 1. The van der Waals surface area contributed by atoms with E-state index in [0.29, 0.717) is 18.2 Å². The fourth-order valence-electron chi connectivity index (χ4n) is 3.60. The van der Waals surface area contributed by atoms with E-state index in [1.165, 1.54) is 25.7 Å². The Kier molecular flexibility index (Phi) is 4.81. The van der Waals surface area contributed by atoms with Gasteiger partial charge in [-0.25, -0.2) is 0 Å². The molecule has 1 aromatic carbocycles. The van der Waals surface area contributed by atoms with Gasteiger partial charge in [0.2, 0.25) is 5.91 Å². The van der Waals surface area contributed by atoms with Gasteiger partial charge in [-0.15, -0.1) is 0 Å². The second kappa shape index (κ2) is 6.80. The lowest BCUT2D eigenvalue weighted by Gasteiger charge is -2.37. The summed E-state index contributed by atoms with van der Waals surface area (Å²) in [5, 5.41) is 4.14. The molecule has 1 aliphatic carbocycles. The highest BCUT2D eigenvalue weighted by Gasteiger charge is 2.30. The Bertz CT molecular complexity index is 499. The predicted octanol–water partition coefficient (Wildman–Crippen LogP) is 3.39. The van der Waals surface area contributed by atoms with E-state index in [1.807, 2.05) is 29.2 Å². The molecule has 1 aromatic rings. The first-order valence-corrected chi connectivity index (χ1v) is 8.38. The summed E-state index contributed by atoms with van der Waals surface area (Å²) in [4.78, 5) is 14.7. The van der Waals surface area contributed by atoms with Crippen molar-refractivity contribution in [3.05, 3.63) is 34.9 Å². The van der Waals surface area contributed by atoms with Gasteiger partial charge in [-0.2, -0.15) is 0 Å². The second-order valence-corrected chi connectivity index (χ2v) is 6.59. The Morgan fingerprint density at radius 2 is 2.05 bits per heavy atom. The lowest BCUT2D eigenvalue weighted by atomic mass is 9.99. The molecular formula is C17H23ClN2O. The predicted molar refractivity (Wildman–Crippen MR) is 85.4 cm³/mol. The summed E-state index contributed by atoms with van der Waals surface area (Å²) in [6.45, 7) is 2.44. The number of hydrogen-bond donors (Lipinski definition) is 1. The normalized spacial score (nSPS) is 23.5. The lowest BCUT2D eigenvalue weighted by molar-refractivity contribution is -0.135. The number of nitrogens with zero attached hydrogens (tertiary/aromatic N) is 1. The van der Waals surface area contributed by atoms with Crippen LogP contribution >= 0.6 is 11.6 Å². The summed E-state index contributed by atoms with van der Waals surface area (Å²) < 4.78 is 0. The Morgan fingerprint density at radius 3 is 2.81 bits per heavy atom. The molecule has 3 rings (SSSR count). The van der Waals surface area contributed by atoms with Crippen LogP contribution in [0.5, 0.6) is 0 Å². The minimum Gasteiger partial charge on any atom is -0.333 e. The summed E-state index contributed by atoms with van der Waals surface area (Å²) in [5.41, 5.74) is 1.06. The lowest BCUT2D eigenvalue weighted by Crippen LogP contribution is -2.49. The van der Waals surface area contributed by atoms with Crippen LogP contribution in [0.15, 0.2) is 24.3 Å². The Hall–Kier alpha value is -1.06. The van der Waals surface area contributed by atoms with Crippen LogP contribution in [0.4, 0.5) is 0 Å². The molecule has 21 heavy (non-hydrogen) atoms. The third-order valence-corrected chi connectivity index (χ3v) is 5.11. The maximum absolute atomic E-state index is 12.7. The fraction of sp³-hybridized carbons (Fsp3) is 0.588. The van der Waals surface area contributed by atoms with Crippen LogP contribution in [-0.2, 0) is 4.79 Å². The molecule has 0 radical (unpaired) electrons. The topological polar surface area (TPSA) is 32.3 Å². The molecule has 2 fully saturated rings. The van der Waals surface area contributed by atoms with Gasteiger partial charge in [-0.1, -0.05) is 42.6 Å². The number of amides is 1. The van der Waals surface area contributed by atoms with E-state index < -0.39 is 0 Å². The van der Waals surface area contributed by atoms with Crippen LogP contribution in [0, 0.1) is 5.92 Å². The molecule has 0 aromatic heterocycles. The van der Waals surface area contributed by atoms with Crippen LogP contribution in [-0.4, -0.2) is 30.4 Å². The highest BCUT2D eigenvalue weighted by molar-refractivity contribution is 6.31. The van der Waals surface area contributed by atoms with Crippen LogP contribution in [0.3, 0.4) is 0 Å². The van der Waals surface area contributed by atoms with Gasteiger partial charge in [0.05, 0.1) is 6.04 Å². The number of hydrogen-bond acceptors (Lipinski definition) is 2. The summed E-state index contributed by atoms with van der Waals surface area (Å²) >= 11 is 6.33. The molecule has 3 nitrogen and oxygen atoms in total. The molecule has 4 heteroatoms. The molecule has 0 spiro atoms. The van der Waals surface area contributed by atoms with E-state index in [-0.39, 0.29) is 6.04 Å². The highest BCUT2D eigenvalue weighted by Crippen LogP contribution is 2.32. The van der Waals surface area contributed by atoms with Gasteiger partial charge in [0, 0.05) is 31.1 Å². The van der Waals surface area contributed by atoms with Crippen LogP contribution in [0.2, 0.25) is 5.02 Å². The number of rotatable bonds is 3.